The Morgan fingerprint density at radius 3 is 0.923 bits per heavy atom. The summed E-state index contributed by atoms with van der Waals surface area (Å²) in [4.78, 5) is 0. The summed E-state index contributed by atoms with van der Waals surface area (Å²) in [7, 11) is -3.02. The van der Waals surface area contributed by atoms with Gasteiger partial charge in [0.2, 0.25) is 0 Å². The number of rotatable bonds is 8. The summed E-state index contributed by atoms with van der Waals surface area (Å²) in [5, 5.41) is 5.81. The second-order valence-corrected chi connectivity index (χ2v) is 18.0. The van der Waals surface area contributed by atoms with Crippen LogP contribution in [0.3, 0.4) is 0 Å². The van der Waals surface area contributed by atoms with Crippen LogP contribution in [0.2, 0.25) is 0 Å². The maximum atomic E-state index is 2.54. The van der Waals surface area contributed by atoms with Gasteiger partial charge in [0, 0.05) is 0 Å². The van der Waals surface area contributed by atoms with E-state index in [4.69, 9.17) is 0 Å². The number of benzene rings is 7. The molecule has 0 aromatic heterocycles. The van der Waals surface area contributed by atoms with Crippen LogP contribution in [0.1, 0.15) is 27.7 Å². The first-order valence-electron chi connectivity index (χ1n) is 18.4. The van der Waals surface area contributed by atoms with E-state index in [1.54, 1.807) is 5.20 Å². The minimum absolute atomic E-state index is 0.299. The molecule has 0 N–H and O–H groups in total. The summed E-state index contributed by atoms with van der Waals surface area (Å²) in [6.07, 6.45) is 0. The molecule has 0 saturated carbocycles. The van der Waals surface area contributed by atoms with Crippen molar-refractivity contribution in [1.29, 1.82) is 0 Å². The molecule has 1 atom stereocenters. The lowest BCUT2D eigenvalue weighted by molar-refractivity contribution is 0.851. The van der Waals surface area contributed by atoms with Crippen molar-refractivity contribution in [2.75, 3.05) is 0 Å². The van der Waals surface area contributed by atoms with Gasteiger partial charge in [-0.15, -0.1) is 0 Å². The maximum Gasteiger partial charge on any atom is 0.176 e. The van der Waals surface area contributed by atoms with Gasteiger partial charge in [-0.1, -0.05) is 199 Å². The first-order chi connectivity index (χ1) is 25.4. The zero-order valence-corrected chi connectivity index (χ0v) is 31.5. The van der Waals surface area contributed by atoms with Crippen molar-refractivity contribution < 1.29 is 0 Å². The normalized spacial score (nSPS) is 14.6. The molecular weight excluding hydrogens is 641 g/mol. The lowest BCUT2D eigenvalue weighted by atomic mass is 9.99. The molecule has 0 bridgehead atoms. The van der Waals surface area contributed by atoms with Crippen LogP contribution in [0, 0.1) is 5.92 Å². The molecule has 1 heteroatoms. The molecule has 7 aromatic carbocycles. The Kier molecular flexibility index (Phi) is 9.05. The average Bonchev–Trinajstić information content (AvgIpc) is 3.41. The molecule has 8 rings (SSSR count). The van der Waals surface area contributed by atoms with E-state index in [0.717, 1.165) is 0 Å². The summed E-state index contributed by atoms with van der Waals surface area (Å²) in [6, 6.07) is 70.1. The molecule has 0 heterocycles. The van der Waals surface area contributed by atoms with Crippen molar-refractivity contribution in [2.24, 2.45) is 5.92 Å². The van der Waals surface area contributed by atoms with Gasteiger partial charge in [0.05, 0.1) is 0 Å². The number of allylic oxidation sites excluding steroid dienone is 4. The van der Waals surface area contributed by atoms with Crippen LogP contribution in [0.25, 0.3) is 44.5 Å². The Bertz CT molecular complexity index is 2160. The monoisotopic (exact) mass is 684 g/mol. The highest BCUT2D eigenvalue weighted by atomic mass is 28.3. The molecule has 52 heavy (non-hydrogen) atoms. The quantitative estimate of drug-likeness (QED) is 0.110. The highest BCUT2D eigenvalue weighted by Gasteiger charge is 2.48. The maximum absolute atomic E-state index is 3.02. The fraction of sp³-hybridized carbons (Fsp3) is 0.0980. The van der Waals surface area contributed by atoms with Crippen molar-refractivity contribution >= 4 is 23.6 Å². The number of hydrogen-bond acceptors (Lipinski definition) is 0. The fourth-order valence-electron chi connectivity index (χ4n) is 8.50. The van der Waals surface area contributed by atoms with Crippen LogP contribution < -0.4 is 15.6 Å². The van der Waals surface area contributed by atoms with Crippen LogP contribution in [-0.4, -0.2) is 8.07 Å². The second kappa shape index (κ2) is 14.1. The molecule has 1 aliphatic rings. The molecule has 1 aliphatic carbocycles. The molecular formula is C51H44Si. The Morgan fingerprint density at radius 2 is 0.635 bits per heavy atom. The van der Waals surface area contributed by atoms with Gasteiger partial charge in [0.25, 0.3) is 0 Å². The average molecular weight is 685 g/mol. The summed E-state index contributed by atoms with van der Waals surface area (Å²) in [5.74, 6) is 0.299. The standard InChI is InChI=1S/C51H44Si/c1-36-37(2)39(4)51(38(36)3)52(48-28-18-9-19-29-48,49-32-44(40-20-10-5-11-21-40)30-45(33-49)41-22-12-6-13-23-41)50-34-46(42-24-14-7-15-25-42)31-47(35-50)43-26-16-8-17-27-43/h5-35,38H,1-4H3. The van der Waals surface area contributed by atoms with E-state index in [1.807, 2.05) is 0 Å². The summed E-state index contributed by atoms with van der Waals surface area (Å²) in [6.45, 7) is 9.53. The second-order valence-electron chi connectivity index (χ2n) is 14.2. The van der Waals surface area contributed by atoms with Crippen LogP contribution >= 0.6 is 0 Å². The van der Waals surface area contributed by atoms with E-state index >= 15 is 0 Å². The smallest absolute Gasteiger partial charge is 0.0636 e. The van der Waals surface area contributed by atoms with Crippen LogP contribution in [0.4, 0.5) is 0 Å². The van der Waals surface area contributed by atoms with Crippen LogP contribution in [-0.2, 0) is 0 Å². The third-order valence-corrected chi connectivity index (χ3v) is 16.5. The molecule has 0 saturated heterocycles. The Morgan fingerprint density at radius 1 is 0.327 bits per heavy atom. The van der Waals surface area contributed by atoms with Gasteiger partial charge in [0.1, 0.15) is 0 Å². The molecule has 0 spiro atoms. The van der Waals surface area contributed by atoms with Crippen molar-refractivity contribution in [2.45, 2.75) is 27.7 Å². The predicted octanol–water partition coefficient (Wildman–Crippen LogP) is 11.7. The summed E-state index contributed by atoms with van der Waals surface area (Å²) in [5.41, 5.74) is 14.3. The molecule has 0 amide bonds. The zero-order valence-electron chi connectivity index (χ0n) is 30.5. The minimum Gasteiger partial charge on any atom is -0.0636 e. The number of hydrogen-bond donors (Lipinski definition) is 0. The Balaban J connectivity index is 1.56. The van der Waals surface area contributed by atoms with E-state index in [9.17, 15) is 0 Å². The van der Waals surface area contributed by atoms with Gasteiger partial charge in [-0.3, -0.25) is 0 Å². The van der Waals surface area contributed by atoms with Crippen molar-refractivity contribution in [3.05, 3.63) is 210 Å². The van der Waals surface area contributed by atoms with Gasteiger partial charge in [0.15, 0.2) is 8.07 Å². The Labute approximate surface area is 310 Å². The highest BCUT2D eigenvalue weighted by molar-refractivity contribution is 7.16. The van der Waals surface area contributed by atoms with Gasteiger partial charge in [-0.05, 0) is 104 Å². The molecule has 1 unspecified atom stereocenters. The van der Waals surface area contributed by atoms with E-state index in [1.165, 1.54) is 76.8 Å². The van der Waals surface area contributed by atoms with E-state index < -0.39 is 8.07 Å². The topological polar surface area (TPSA) is 0 Å². The lowest BCUT2D eigenvalue weighted by Crippen LogP contribution is -2.69. The van der Waals surface area contributed by atoms with Gasteiger partial charge >= 0.3 is 0 Å². The highest BCUT2D eigenvalue weighted by Crippen LogP contribution is 2.43. The van der Waals surface area contributed by atoms with E-state index in [2.05, 4.69) is 216 Å². The van der Waals surface area contributed by atoms with Gasteiger partial charge < -0.3 is 0 Å². The third-order valence-electron chi connectivity index (χ3n) is 11.4. The molecule has 252 valence electrons. The Hall–Kier alpha value is -5.76. The first kappa shape index (κ1) is 33.4. The molecule has 0 nitrogen and oxygen atoms in total. The van der Waals surface area contributed by atoms with Gasteiger partial charge in [-0.25, -0.2) is 0 Å². The predicted molar refractivity (Wildman–Crippen MR) is 226 cm³/mol. The van der Waals surface area contributed by atoms with Crippen molar-refractivity contribution in [1.82, 2.24) is 0 Å². The fourth-order valence-corrected chi connectivity index (χ4v) is 14.2. The SMILES string of the molecule is CC1=C(C)C(C)C([Si](c2ccccc2)(c2cc(-c3ccccc3)cc(-c3ccccc3)c2)c2cc(-c3ccccc3)cc(-c3ccccc3)c2)=C1C. The molecule has 7 aromatic rings. The minimum atomic E-state index is -3.02. The lowest BCUT2D eigenvalue weighted by Gasteiger charge is -2.39. The summed E-state index contributed by atoms with van der Waals surface area (Å²) < 4.78 is 0. The molecule has 0 aliphatic heterocycles. The van der Waals surface area contributed by atoms with E-state index in [0.29, 0.717) is 5.92 Å². The first-order valence-corrected chi connectivity index (χ1v) is 20.4. The summed E-state index contributed by atoms with van der Waals surface area (Å²) >= 11 is 0. The largest absolute Gasteiger partial charge is 0.176 e. The zero-order chi connectivity index (χ0) is 35.7. The van der Waals surface area contributed by atoms with Crippen molar-refractivity contribution in [3.8, 4) is 44.5 Å². The molecule has 0 radical (unpaired) electrons. The van der Waals surface area contributed by atoms with E-state index in [-0.39, 0.29) is 0 Å². The van der Waals surface area contributed by atoms with Crippen LogP contribution in [0.15, 0.2) is 210 Å². The third kappa shape index (κ3) is 5.92. The van der Waals surface area contributed by atoms with Gasteiger partial charge in [-0.2, -0.15) is 0 Å². The van der Waals surface area contributed by atoms with Crippen LogP contribution in [0.5, 0.6) is 0 Å². The molecule has 0 fully saturated rings. The van der Waals surface area contributed by atoms with Crippen molar-refractivity contribution in [3.63, 3.8) is 0 Å².